The van der Waals surface area contributed by atoms with Crippen molar-refractivity contribution in [3.8, 4) is 22.1 Å². The minimum absolute atomic E-state index is 0.0212. The van der Waals surface area contributed by atoms with Crippen molar-refractivity contribution in [1.29, 1.82) is 0 Å². The maximum absolute atomic E-state index is 12.0. The van der Waals surface area contributed by atoms with Gasteiger partial charge in [-0.15, -0.1) is 11.3 Å². The lowest BCUT2D eigenvalue weighted by atomic mass is 10.1. The molecule has 0 unspecified atom stereocenters. The minimum Gasteiger partial charge on any atom is -0.493 e. The monoisotopic (exact) mass is 362 g/mol. The van der Waals surface area contributed by atoms with Crippen LogP contribution in [0.4, 0.5) is 0 Å². The first-order valence-corrected chi connectivity index (χ1v) is 9.35. The minimum atomic E-state index is 0.0212. The van der Waals surface area contributed by atoms with Gasteiger partial charge in [-0.25, -0.2) is 4.98 Å². The van der Waals surface area contributed by atoms with Crippen molar-refractivity contribution in [2.45, 2.75) is 33.1 Å². The van der Waals surface area contributed by atoms with Crippen LogP contribution in [0.5, 0.6) is 11.5 Å². The number of thiazole rings is 1. The van der Waals surface area contributed by atoms with Crippen molar-refractivity contribution in [2.75, 3.05) is 20.8 Å². The van der Waals surface area contributed by atoms with Crippen molar-refractivity contribution in [3.63, 3.8) is 0 Å². The van der Waals surface area contributed by atoms with E-state index in [0.717, 1.165) is 35.7 Å². The summed E-state index contributed by atoms with van der Waals surface area (Å²) in [7, 11) is 3.22. The van der Waals surface area contributed by atoms with Gasteiger partial charge in [0.15, 0.2) is 11.5 Å². The zero-order valence-corrected chi connectivity index (χ0v) is 16.1. The number of carbonyl (C=O) groups is 1. The number of hydrogen-bond donors (Lipinski definition) is 1. The predicted octanol–water partition coefficient (Wildman–Crippen LogP) is 3.92. The number of benzene rings is 1. The number of rotatable bonds is 9. The summed E-state index contributed by atoms with van der Waals surface area (Å²) in [4.78, 5) is 16.6. The lowest BCUT2D eigenvalue weighted by Gasteiger charge is -2.08. The van der Waals surface area contributed by atoms with Crippen LogP contribution in [-0.2, 0) is 11.2 Å². The third-order valence-corrected chi connectivity index (χ3v) is 4.74. The fraction of sp³-hybridized carbons (Fsp3) is 0.474. The van der Waals surface area contributed by atoms with Gasteiger partial charge in [0.1, 0.15) is 5.01 Å². The van der Waals surface area contributed by atoms with Crippen LogP contribution in [0, 0.1) is 5.92 Å². The van der Waals surface area contributed by atoms with Crippen molar-refractivity contribution >= 4 is 17.2 Å². The second kappa shape index (κ2) is 9.42. The molecular formula is C19H26N2O3S. The van der Waals surface area contributed by atoms with Gasteiger partial charge < -0.3 is 14.8 Å². The fourth-order valence-corrected chi connectivity index (χ4v) is 3.27. The van der Waals surface area contributed by atoms with Gasteiger partial charge in [-0.1, -0.05) is 13.8 Å². The number of ether oxygens (including phenoxy) is 2. The summed E-state index contributed by atoms with van der Waals surface area (Å²) in [6.07, 6.45) is 2.45. The first-order valence-electron chi connectivity index (χ1n) is 8.47. The summed E-state index contributed by atoms with van der Waals surface area (Å²) < 4.78 is 10.6. The Kier molecular flexibility index (Phi) is 7.25. The smallest absolute Gasteiger partial charge is 0.226 e. The largest absolute Gasteiger partial charge is 0.493 e. The number of carbonyl (C=O) groups excluding carboxylic acids is 1. The molecule has 0 spiro atoms. The second-order valence-electron chi connectivity index (χ2n) is 6.28. The van der Waals surface area contributed by atoms with E-state index in [1.54, 1.807) is 14.2 Å². The lowest BCUT2D eigenvalue weighted by molar-refractivity contribution is -0.120. The average Bonchev–Trinajstić information content (AvgIpc) is 3.06. The van der Waals surface area contributed by atoms with Crippen LogP contribution in [0.25, 0.3) is 10.6 Å². The zero-order chi connectivity index (χ0) is 18.2. The van der Waals surface area contributed by atoms with Gasteiger partial charge in [0.05, 0.1) is 26.3 Å². The molecule has 1 aromatic carbocycles. The van der Waals surface area contributed by atoms with E-state index >= 15 is 0 Å². The summed E-state index contributed by atoms with van der Waals surface area (Å²) in [5.41, 5.74) is 1.74. The molecular weight excluding hydrogens is 336 g/mol. The van der Waals surface area contributed by atoms with Crippen LogP contribution in [0.2, 0.25) is 0 Å². The predicted molar refractivity (Wildman–Crippen MR) is 101 cm³/mol. The molecule has 1 N–H and O–H groups in total. The highest BCUT2D eigenvalue weighted by Crippen LogP contribution is 2.33. The molecule has 0 atom stereocenters. The Labute approximate surface area is 153 Å². The zero-order valence-electron chi connectivity index (χ0n) is 15.3. The Balaban J connectivity index is 1.94. The lowest BCUT2D eigenvalue weighted by Crippen LogP contribution is -2.26. The molecule has 0 aliphatic carbocycles. The van der Waals surface area contributed by atoms with E-state index in [-0.39, 0.29) is 5.91 Å². The van der Waals surface area contributed by atoms with Gasteiger partial charge in [-0.05, 0) is 37.0 Å². The van der Waals surface area contributed by atoms with Gasteiger partial charge in [0, 0.05) is 17.5 Å². The summed E-state index contributed by atoms with van der Waals surface area (Å²) in [6.45, 7) is 5.10. The Hall–Kier alpha value is -2.08. The number of nitrogens with one attached hydrogen (secondary N) is 1. The molecule has 0 radical (unpaired) electrons. The Morgan fingerprint density at radius 3 is 2.68 bits per heavy atom. The van der Waals surface area contributed by atoms with Gasteiger partial charge in [0.2, 0.25) is 5.91 Å². The number of methoxy groups -OCH3 is 2. The normalized spacial score (nSPS) is 10.8. The van der Waals surface area contributed by atoms with Crippen molar-refractivity contribution in [1.82, 2.24) is 10.3 Å². The molecule has 5 nitrogen and oxygen atoms in total. The van der Waals surface area contributed by atoms with E-state index in [9.17, 15) is 4.79 Å². The van der Waals surface area contributed by atoms with Crippen molar-refractivity contribution in [3.05, 3.63) is 29.3 Å². The first-order chi connectivity index (χ1) is 12.0. The summed E-state index contributed by atoms with van der Waals surface area (Å²) in [5.74, 6) is 2.04. The molecule has 0 aliphatic rings. The highest BCUT2D eigenvalue weighted by Gasteiger charge is 2.11. The Morgan fingerprint density at radius 2 is 2.00 bits per heavy atom. The SMILES string of the molecule is COc1ccc(-c2nc(CC(=O)NCCCC(C)C)cs2)cc1OC. The molecule has 0 saturated heterocycles. The van der Waals surface area contributed by atoms with E-state index in [1.807, 2.05) is 23.6 Å². The molecule has 0 fully saturated rings. The van der Waals surface area contributed by atoms with E-state index in [0.29, 0.717) is 23.8 Å². The van der Waals surface area contributed by atoms with Crippen LogP contribution in [0.3, 0.4) is 0 Å². The Morgan fingerprint density at radius 1 is 1.24 bits per heavy atom. The topological polar surface area (TPSA) is 60.5 Å². The maximum atomic E-state index is 12.0. The van der Waals surface area contributed by atoms with Crippen molar-refractivity contribution < 1.29 is 14.3 Å². The maximum Gasteiger partial charge on any atom is 0.226 e. The molecule has 2 aromatic rings. The first kappa shape index (κ1) is 19.2. The number of amides is 1. The molecule has 25 heavy (non-hydrogen) atoms. The molecule has 2 rings (SSSR count). The van der Waals surface area contributed by atoms with Crippen LogP contribution in [-0.4, -0.2) is 31.7 Å². The van der Waals surface area contributed by atoms with Gasteiger partial charge in [0.25, 0.3) is 0 Å². The molecule has 0 aliphatic heterocycles. The second-order valence-corrected chi connectivity index (χ2v) is 7.13. The number of aromatic nitrogens is 1. The van der Waals surface area contributed by atoms with E-state index in [1.165, 1.54) is 11.3 Å². The standard InChI is InChI=1S/C19H26N2O3S/c1-13(2)6-5-9-20-18(22)11-15-12-25-19(21-15)14-7-8-16(23-3)17(10-14)24-4/h7-8,10,12-13H,5-6,9,11H2,1-4H3,(H,20,22). The highest BCUT2D eigenvalue weighted by molar-refractivity contribution is 7.13. The molecule has 136 valence electrons. The molecule has 6 heteroatoms. The van der Waals surface area contributed by atoms with Gasteiger partial charge in [-0.3, -0.25) is 4.79 Å². The molecule has 1 aromatic heterocycles. The number of nitrogens with zero attached hydrogens (tertiary/aromatic N) is 1. The molecule has 0 saturated carbocycles. The van der Waals surface area contributed by atoms with Crippen molar-refractivity contribution in [2.24, 2.45) is 5.92 Å². The summed E-state index contributed by atoms with van der Waals surface area (Å²) in [5, 5.41) is 5.75. The van der Waals surface area contributed by atoms with Crippen LogP contribution >= 0.6 is 11.3 Å². The third kappa shape index (κ3) is 5.74. The average molecular weight is 362 g/mol. The molecule has 1 heterocycles. The summed E-state index contributed by atoms with van der Waals surface area (Å²) >= 11 is 1.52. The Bertz CT molecular complexity index is 698. The molecule has 1 amide bonds. The van der Waals surface area contributed by atoms with Gasteiger partial charge >= 0.3 is 0 Å². The van der Waals surface area contributed by atoms with E-state index in [2.05, 4.69) is 24.1 Å². The van der Waals surface area contributed by atoms with Gasteiger partial charge in [-0.2, -0.15) is 0 Å². The number of hydrogen-bond acceptors (Lipinski definition) is 5. The fourth-order valence-electron chi connectivity index (χ4n) is 2.46. The van der Waals surface area contributed by atoms with Crippen LogP contribution < -0.4 is 14.8 Å². The molecule has 0 bridgehead atoms. The van der Waals surface area contributed by atoms with E-state index < -0.39 is 0 Å². The van der Waals surface area contributed by atoms with Crippen LogP contribution in [0.15, 0.2) is 23.6 Å². The summed E-state index contributed by atoms with van der Waals surface area (Å²) in [6, 6.07) is 5.69. The third-order valence-electron chi connectivity index (χ3n) is 3.80. The quantitative estimate of drug-likeness (QED) is 0.687. The highest BCUT2D eigenvalue weighted by atomic mass is 32.1. The van der Waals surface area contributed by atoms with E-state index in [4.69, 9.17) is 9.47 Å². The van der Waals surface area contributed by atoms with Crippen LogP contribution in [0.1, 0.15) is 32.4 Å².